The summed E-state index contributed by atoms with van der Waals surface area (Å²) in [6, 6.07) is 1.97. The number of aryl methyl sites for hydroxylation is 1. The van der Waals surface area contributed by atoms with Gasteiger partial charge in [0.15, 0.2) is 0 Å². The molecule has 0 radical (unpaired) electrons. The van der Waals surface area contributed by atoms with Gasteiger partial charge in [0.1, 0.15) is 5.65 Å². The van der Waals surface area contributed by atoms with Gasteiger partial charge in [-0.2, -0.15) is 0 Å². The Kier molecular flexibility index (Phi) is 1.47. The molecule has 2 rings (SSSR count). The van der Waals surface area contributed by atoms with Crippen LogP contribution in [-0.4, -0.2) is 9.97 Å². The number of H-pyrrole nitrogens is 1. The van der Waals surface area contributed by atoms with E-state index in [1.54, 1.807) is 6.20 Å². The smallest absolute Gasteiger partial charge is 0.138 e. The van der Waals surface area contributed by atoms with Gasteiger partial charge in [0.2, 0.25) is 0 Å². The third kappa shape index (κ3) is 0.848. The predicted octanol–water partition coefficient (Wildman–Crippen LogP) is 2.51. The highest BCUT2D eigenvalue weighted by atomic mass is 14.8. The molecule has 2 heteroatoms. The molecule has 0 aliphatic rings. The van der Waals surface area contributed by atoms with E-state index in [4.69, 9.17) is 0 Å². The van der Waals surface area contributed by atoms with E-state index >= 15 is 0 Å². The minimum absolute atomic E-state index is 0.935. The molecule has 0 atom stereocenters. The predicted molar refractivity (Wildman–Crippen MR) is 50.9 cm³/mol. The largest absolute Gasteiger partial charge is 0.346 e. The summed E-state index contributed by atoms with van der Waals surface area (Å²) in [5.74, 6) is 0. The van der Waals surface area contributed by atoms with Crippen molar-refractivity contribution < 1.29 is 0 Å². The molecule has 2 aromatic heterocycles. The summed E-state index contributed by atoms with van der Waals surface area (Å²) >= 11 is 0. The van der Waals surface area contributed by atoms with Crippen molar-refractivity contribution in [3.63, 3.8) is 0 Å². The van der Waals surface area contributed by atoms with Crippen molar-refractivity contribution >= 4 is 17.1 Å². The van der Waals surface area contributed by atoms with Gasteiger partial charge in [-0.05, 0) is 24.1 Å². The van der Waals surface area contributed by atoms with E-state index in [2.05, 4.69) is 23.5 Å². The van der Waals surface area contributed by atoms with E-state index in [0.29, 0.717) is 0 Å². The van der Waals surface area contributed by atoms with Gasteiger partial charge in [0.05, 0.1) is 0 Å². The van der Waals surface area contributed by atoms with Gasteiger partial charge in [-0.3, -0.25) is 0 Å². The lowest BCUT2D eigenvalue weighted by atomic mass is 10.1. The molecule has 0 amide bonds. The third-order valence-electron chi connectivity index (χ3n) is 2.02. The van der Waals surface area contributed by atoms with Crippen molar-refractivity contribution in [2.24, 2.45) is 0 Å². The first-order valence-electron chi connectivity index (χ1n) is 3.88. The Bertz CT molecular complexity index is 426. The average molecular weight is 158 g/mol. The summed E-state index contributed by atoms with van der Waals surface area (Å²) in [7, 11) is 0. The van der Waals surface area contributed by atoms with Crippen LogP contribution in [0, 0.1) is 6.92 Å². The average Bonchev–Trinajstić information content (AvgIpc) is 2.48. The molecule has 0 aromatic carbocycles. The van der Waals surface area contributed by atoms with Crippen LogP contribution in [0.15, 0.2) is 25.0 Å². The molecule has 60 valence electrons. The number of hydrogen-bond donors (Lipinski definition) is 1. The zero-order chi connectivity index (χ0) is 8.55. The molecule has 12 heavy (non-hydrogen) atoms. The van der Waals surface area contributed by atoms with E-state index < -0.39 is 0 Å². The molecule has 1 N–H and O–H groups in total. The number of nitrogens with zero attached hydrogens (tertiary/aromatic N) is 1. The lowest BCUT2D eigenvalue weighted by molar-refractivity contribution is 1.32. The lowest BCUT2D eigenvalue weighted by Gasteiger charge is -1.95. The summed E-state index contributed by atoms with van der Waals surface area (Å²) in [6.07, 6.45) is 5.60. The molecule has 2 heterocycles. The molecule has 2 nitrogen and oxygen atoms in total. The van der Waals surface area contributed by atoms with Crippen LogP contribution in [0.3, 0.4) is 0 Å². The van der Waals surface area contributed by atoms with Crippen molar-refractivity contribution in [3.8, 4) is 0 Å². The fourth-order valence-electron chi connectivity index (χ4n) is 1.42. The summed E-state index contributed by atoms with van der Waals surface area (Å²) in [5, 5.41) is 1.17. The van der Waals surface area contributed by atoms with E-state index in [-0.39, 0.29) is 0 Å². The van der Waals surface area contributed by atoms with E-state index in [1.807, 2.05) is 18.3 Å². The van der Waals surface area contributed by atoms with Gasteiger partial charge in [-0.1, -0.05) is 12.7 Å². The van der Waals surface area contributed by atoms with E-state index in [1.165, 1.54) is 10.9 Å². The van der Waals surface area contributed by atoms with Crippen LogP contribution in [-0.2, 0) is 0 Å². The minimum Gasteiger partial charge on any atom is -0.346 e. The Morgan fingerprint density at radius 3 is 3.17 bits per heavy atom. The zero-order valence-corrected chi connectivity index (χ0v) is 6.96. The van der Waals surface area contributed by atoms with Crippen LogP contribution in [0.5, 0.6) is 0 Å². The highest BCUT2D eigenvalue weighted by Gasteiger charge is 2.02. The molecule has 0 bridgehead atoms. The first-order chi connectivity index (χ1) is 5.83. The molecule has 0 fully saturated rings. The first-order valence-corrected chi connectivity index (χ1v) is 3.88. The fourth-order valence-corrected chi connectivity index (χ4v) is 1.42. The Labute approximate surface area is 70.9 Å². The Hall–Kier alpha value is -1.57. The summed E-state index contributed by atoms with van der Waals surface area (Å²) in [5.41, 5.74) is 3.29. The first kappa shape index (κ1) is 7.10. The van der Waals surface area contributed by atoms with Gasteiger partial charge >= 0.3 is 0 Å². The fraction of sp³-hybridized carbons (Fsp3) is 0.100. The van der Waals surface area contributed by atoms with Crippen LogP contribution in [0.4, 0.5) is 0 Å². The number of hydrogen-bond acceptors (Lipinski definition) is 1. The van der Waals surface area contributed by atoms with Crippen LogP contribution in [0.1, 0.15) is 11.1 Å². The normalized spacial score (nSPS) is 10.4. The summed E-state index contributed by atoms with van der Waals surface area (Å²) in [4.78, 5) is 7.31. The second-order valence-corrected chi connectivity index (χ2v) is 2.80. The number of nitrogens with one attached hydrogen (secondary N) is 1. The number of fused-ring (bicyclic) bond motifs is 1. The lowest BCUT2D eigenvalue weighted by Crippen LogP contribution is -1.79. The van der Waals surface area contributed by atoms with Gasteiger partial charge in [0, 0.05) is 17.8 Å². The molecule has 0 spiro atoms. The van der Waals surface area contributed by atoms with Crippen molar-refractivity contribution in [1.29, 1.82) is 0 Å². The van der Waals surface area contributed by atoms with Crippen molar-refractivity contribution in [3.05, 3.63) is 36.2 Å². The van der Waals surface area contributed by atoms with Crippen LogP contribution in [0.2, 0.25) is 0 Å². The van der Waals surface area contributed by atoms with Gasteiger partial charge in [-0.15, -0.1) is 0 Å². The summed E-state index contributed by atoms with van der Waals surface area (Å²) in [6.45, 7) is 5.82. The monoisotopic (exact) mass is 158 g/mol. The quantitative estimate of drug-likeness (QED) is 0.678. The molecule has 0 saturated heterocycles. The molecule has 0 unspecified atom stereocenters. The van der Waals surface area contributed by atoms with Gasteiger partial charge in [-0.25, -0.2) is 4.98 Å². The molecular weight excluding hydrogens is 148 g/mol. The standard InChI is InChI=1S/C10H10N2/c1-3-8-4-5-11-10-9(8)7(2)6-12-10/h3-6H,1H2,2H3,(H,11,12). The van der Waals surface area contributed by atoms with E-state index in [0.717, 1.165) is 11.2 Å². The minimum atomic E-state index is 0.935. The van der Waals surface area contributed by atoms with Crippen molar-refractivity contribution in [2.75, 3.05) is 0 Å². The summed E-state index contributed by atoms with van der Waals surface area (Å²) < 4.78 is 0. The number of pyridine rings is 1. The highest BCUT2D eigenvalue weighted by molar-refractivity contribution is 5.88. The third-order valence-corrected chi connectivity index (χ3v) is 2.02. The van der Waals surface area contributed by atoms with Crippen LogP contribution >= 0.6 is 0 Å². The highest BCUT2D eigenvalue weighted by Crippen LogP contribution is 2.20. The van der Waals surface area contributed by atoms with Crippen LogP contribution in [0.25, 0.3) is 17.1 Å². The SMILES string of the molecule is C=Cc1ccnc2[nH]cc(C)c12. The maximum atomic E-state index is 4.21. The molecule has 0 aliphatic carbocycles. The number of aromatic nitrogens is 2. The second kappa shape index (κ2) is 2.48. The maximum Gasteiger partial charge on any atom is 0.138 e. The molecule has 2 aromatic rings. The maximum absolute atomic E-state index is 4.21. The van der Waals surface area contributed by atoms with E-state index in [9.17, 15) is 0 Å². The van der Waals surface area contributed by atoms with Crippen molar-refractivity contribution in [2.45, 2.75) is 6.92 Å². The topological polar surface area (TPSA) is 28.7 Å². The molecule has 0 aliphatic heterocycles. The van der Waals surface area contributed by atoms with Gasteiger partial charge in [0.25, 0.3) is 0 Å². The van der Waals surface area contributed by atoms with Crippen LogP contribution < -0.4 is 0 Å². The number of aromatic amines is 1. The molecular formula is C10H10N2. The Morgan fingerprint density at radius 1 is 1.58 bits per heavy atom. The second-order valence-electron chi connectivity index (χ2n) is 2.80. The van der Waals surface area contributed by atoms with Crippen molar-refractivity contribution in [1.82, 2.24) is 9.97 Å². The van der Waals surface area contributed by atoms with Gasteiger partial charge < -0.3 is 4.98 Å². The Morgan fingerprint density at radius 2 is 2.42 bits per heavy atom. The molecule has 0 saturated carbocycles. The number of rotatable bonds is 1. The zero-order valence-electron chi connectivity index (χ0n) is 6.96. The Balaban J connectivity index is 2.93.